The lowest BCUT2D eigenvalue weighted by atomic mass is 10.00. The molecule has 0 aliphatic carbocycles. The van der Waals surface area contributed by atoms with Crippen molar-refractivity contribution in [2.75, 3.05) is 6.61 Å². The molecule has 1 N–H and O–H groups in total. The van der Waals surface area contributed by atoms with Crippen molar-refractivity contribution < 1.29 is 22.7 Å². The topological polar surface area (TPSA) is 20.2 Å². The standard InChI is InChI=1S/C13H14F4O/c1-8(2)10(7-18)5-9-3-4-12(14)11(6-9)13(15,16)17/h3-6,8,18H,7H2,1-2H3/b10-5+. The fraction of sp³-hybridized carbons (Fsp3) is 0.385. The van der Waals surface area contributed by atoms with Crippen molar-refractivity contribution >= 4 is 6.08 Å². The number of alkyl halides is 3. The van der Waals surface area contributed by atoms with Crippen molar-refractivity contribution in [3.8, 4) is 0 Å². The Hall–Kier alpha value is -1.36. The molecule has 5 heteroatoms. The monoisotopic (exact) mass is 262 g/mol. The van der Waals surface area contributed by atoms with Crippen LogP contribution in [0.3, 0.4) is 0 Å². The first-order valence-corrected chi connectivity index (χ1v) is 5.43. The predicted octanol–water partition coefficient (Wildman–Crippen LogP) is 3.88. The van der Waals surface area contributed by atoms with Gasteiger partial charge in [0, 0.05) is 0 Å². The predicted molar refractivity (Wildman–Crippen MR) is 61.3 cm³/mol. The summed E-state index contributed by atoms with van der Waals surface area (Å²) in [5, 5.41) is 9.08. The molecule has 18 heavy (non-hydrogen) atoms. The van der Waals surface area contributed by atoms with Gasteiger partial charge in [-0.25, -0.2) is 4.39 Å². The van der Waals surface area contributed by atoms with E-state index in [1.807, 2.05) is 13.8 Å². The van der Waals surface area contributed by atoms with Gasteiger partial charge in [0.05, 0.1) is 12.2 Å². The van der Waals surface area contributed by atoms with E-state index in [4.69, 9.17) is 5.11 Å². The van der Waals surface area contributed by atoms with Crippen molar-refractivity contribution in [2.24, 2.45) is 5.92 Å². The van der Waals surface area contributed by atoms with Gasteiger partial charge in [0.1, 0.15) is 5.82 Å². The summed E-state index contributed by atoms with van der Waals surface area (Å²) in [5.74, 6) is -1.29. The maximum absolute atomic E-state index is 13.1. The Labute approximate surface area is 103 Å². The van der Waals surface area contributed by atoms with Crippen LogP contribution in [0.4, 0.5) is 17.6 Å². The molecule has 0 aliphatic rings. The fourth-order valence-electron chi connectivity index (χ4n) is 1.46. The summed E-state index contributed by atoms with van der Waals surface area (Å²) in [6.07, 6.45) is -3.27. The number of halogens is 4. The van der Waals surface area contributed by atoms with Crippen LogP contribution in [0.15, 0.2) is 23.8 Å². The third-order valence-electron chi connectivity index (χ3n) is 2.57. The van der Waals surface area contributed by atoms with Gasteiger partial charge in [0.15, 0.2) is 0 Å². The Morgan fingerprint density at radius 1 is 1.33 bits per heavy atom. The quantitative estimate of drug-likeness (QED) is 0.820. The summed E-state index contributed by atoms with van der Waals surface area (Å²) in [5.41, 5.74) is -0.478. The largest absolute Gasteiger partial charge is 0.419 e. The molecule has 0 fully saturated rings. The molecule has 0 bridgehead atoms. The molecule has 1 aromatic rings. The zero-order valence-electron chi connectivity index (χ0n) is 10.1. The van der Waals surface area contributed by atoms with Gasteiger partial charge in [-0.1, -0.05) is 26.0 Å². The molecule has 0 aliphatic heterocycles. The Bertz CT molecular complexity index is 447. The maximum atomic E-state index is 13.1. The summed E-state index contributed by atoms with van der Waals surface area (Å²) in [6.45, 7) is 3.39. The second kappa shape index (κ2) is 5.52. The van der Waals surface area contributed by atoms with Crippen molar-refractivity contribution in [3.05, 3.63) is 40.7 Å². The molecule has 1 rings (SSSR count). The van der Waals surface area contributed by atoms with Crippen LogP contribution >= 0.6 is 0 Å². The summed E-state index contributed by atoms with van der Waals surface area (Å²) in [4.78, 5) is 0. The molecule has 0 radical (unpaired) electrons. The van der Waals surface area contributed by atoms with E-state index in [0.717, 1.165) is 12.1 Å². The van der Waals surface area contributed by atoms with E-state index < -0.39 is 17.6 Å². The second-order valence-electron chi connectivity index (χ2n) is 4.27. The van der Waals surface area contributed by atoms with Crippen molar-refractivity contribution in [1.29, 1.82) is 0 Å². The smallest absolute Gasteiger partial charge is 0.392 e. The summed E-state index contributed by atoms with van der Waals surface area (Å²) < 4.78 is 50.5. The molecule has 0 atom stereocenters. The number of rotatable bonds is 3. The van der Waals surface area contributed by atoms with Gasteiger partial charge in [0.2, 0.25) is 0 Å². The Morgan fingerprint density at radius 3 is 2.39 bits per heavy atom. The molecule has 100 valence electrons. The maximum Gasteiger partial charge on any atom is 0.419 e. The highest BCUT2D eigenvalue weighted by Gasteiger charge is 2.34. The minimum Gasteiger partial charge on any atom is -0.392 e. The van der Waals surface area contributed by atoms with E-state index in [1.54, 1.807) is 0 Å². The fourth-order valence-corrected chi connectivity index (χ4v) is 1.46. The number of hydrogen-bond donors (Lipinski definition) is 1. The highest BCUT2D eigenvalue weighted by molar-refractivity contribution is 5.54. The molecule has 0 heterocycles. The van der Waals surface area contributed by atoms with Crippen LogP contribution < -0.4 is 0 Å². The van der Waals surface area contributed by atoms with Crippen molar-refractivity contribution in [2.45, 2.75) is 20.0 Å². The number of hydrogen-bond acceptors (Lipinski definition) is 1. The lowest BCUT2D eigenvalue weighted by Gasteiger charge is -2.11. The van der Waals surface area contributed by atoms with E-state index in [2.05, 4.69) is 0 Å². The highest BCUT2D eigenvalue weighted by atomic mass is 19.4. The van der Waals surface area contributed by atoms with E-state index >= 15 is 0 Å². The van der Waals surface area contributed by atoms with Gasteiger partial charge in [-0.15, -0.1) is 0 Å². The molecule has 0 saturated carbocycles. The van der Waals surface area contributed by atoms with Gasteiger partial charge in [-0.05, 0) is 29.2 Å². The molecule has 0 aromatic heterocycles. The van der Waals surface area contributed by atoms with Gasteiger partial charge >= 0.3 is 6.18 Å². The van der Waals surface area contributed by atoms with Gasteiger partial charge in [-0.2, -0.15) is 13.2 Å². The van der Waals surface area contributed by atoms with E-state index in [1.165, 1.54) is 12.1 Å². The molecular formula is C13H14F4O. The molecule has 0 amide bonds. The molecular weight excluding hydrogens is 248 g/mol. The molecule has 1 aromatic carbocycles. The van der Waals surface area contributed by atoms with Crippen LogP contribution in [0, 0.1) is 11.7 Å². The normalized spacial score (nSPS) is 13.2. The van der Waals surface area contributed by atoms with Crippen LogP contribution in [0.5, 0.6) is 0 Å². The molecule has 0 unspecified atom stereocenters. The van der Waals surface area contributed by atoms with Crippen LogP contribution in [0.1, 0.15) is 25.0 Å². The highest BCUT2D eigenvalue weighted by Crippen LogP contribution is 2.32. The zero-order valence-corrected chi connectivity index (χ0v) is 10.1. The first kappa shape index (κ1) is 14.7. The lowest BCUT2D eigenvalue weighted by Crippen LogP contribution is -2.08. The number of aliphatic hydroxyl groups is 1. The zero-order chi connectivity index (χ0) is 13.9. The summed E-state index contributed by atoms with van der Waals surface area (Å²) >= 11 is 0. The lowest BCUT2D eigenvalue weighted by molar-refractivity contribution is -0.140. The van der Waals surface area contributed by atoms with E-state index in [-0.39, 0.29) is 18.1 Å². The Balaban J connectivity index is 3.21. The van der Waals surface area contributed by atoms with Crippen LogP contribution in [0.25, 0.3) is 6.08 Å². The Morgan fingerprint density at radius 2 is 1.94 bits per heavy atom. The SMILES string of the molecule is CC(C)/C(=C/c1ccc(F)c(C(F)(F)F)c1)CO. The number of benzene rings is 1. The van der Waals surface area contributed by atoms with Gasteiger partial charge in [0.25, 0.3) is 0 Å². The molecule has 0 saturated heterocycles. The summed E-state index contributed by atoms with van der Waals surface area (Å²) in [7, 11) is 0. The van der Waals surface area contributed by atoms with Crippen LogP contribution in [-0.4, -0.2) is 11.7 Å². The first-order valence-electron chi connectivity index (χ1n) is 5.43. The van der Waals surface area contributed by atoms with Gasteiger partial charge in [-0.3, -0.25) is 0 Å². The minimum atomic E-state index is -4.72. The summed E-state index contributed by atoms with van der Waals surface area (Å²) in [6, 6.07) is 2.78. The average molecular weight is 262 g/mol. The second-order valence-corrected chi connectivity index (χ2v) is 4.27. The van der Waals surface area contributed by atoms with Crippen molar-refractivity contribution in [3.63, 3.8) is 0 Å². The third kappa shape index (κ3) is 3.57. The Kier molecular flexibility index (Phi) is 4.51. The van der Waals surface area contributed by atoms with Crippen LogP contribution in [-0.2, 0) is 6.18 Å². The minimum absolute atomic E-state index is 0.00869. The molecule has 0 spiro atoms. The van der Waals surface area contributed by atoms with Gasteiger partial charge < -0.3 is 5.11 Å². The molecule has 1 nitrogen and oxygen atoms in total. The van der Waals surface area contributed by atoms with Crippen molar-refractivity contribution in [1.82, 2.24) is 0 Å². The van der Waals surface area contributed by atoms with Crippen LogP contribution in [0.2, 0.25) is 0 Å². The van der Waals surface area contributed by atoms with E-state index in [9.17, 15) is 17.6 Å². The van der Waals surface area contributed by atoms with E-state index in [0.29, 0.717) is 5.57 Å². The average Bonchev–Trinajstić information content (AvgIpc) is 2.25. The third-order valence-corrected chi connectivity index (χ3v) is 2.57. The first-order chi connectivity index (χ1) is 8.25. The number of aliphatic hydroxyl groups excluding tert-OH is 1.